The highest BCUT2D eigenvalue weighted by molar-refractivity contribution is 5.70. The number of hydrogen-bond donors (Lipinski definition) is 0. The van der Waals surface area contributed by atoms with Crippen molar-refractivity contribution in [1.82, 2.24) is 0 Å². The van der Waals surface area contributed by atoms with Crippen LogP contribution in [0.5, 0.6) is 0 Å². The van der Waals surface area contributed by atoms with Gasteiger partial charge in [0.1, 0.15) is 13.2 Å². The molecule has 9 heteroatoms. The van der Waals surface area contributed by atoms with E-state index >= 15 is 0 Å². The van der Waals surface area contributed by atoms with Crippen LogP contribution in [0.1, 0.15) is 206 Å². The number of likely N-dealkylation sites (N-methyl/N-ethyl adjacent to an activating group) is 1. The number of carboxylic acids is 1. The molecule has 0 heterocycles. The SMILES string of the molecule is CCCCCCCC/C=C\CCCCCCCCCC(=O)OC(COC(=O)CCCCCCC/C=C\CCCCCCCC)COC(OCC[N+](C)(C)C)C(=O)[O-]. The Labute approximate surface area is 350 Å². The number of unbranched alkanes of at least 4 members (excludes halogenated alkanes) is 24. The maximum Gasteiger partial charge on any atom is 0.306 e. The van der Waals surface area contributed by atoms with Crippen LogP contribution in [0.2, 0.25) is 0 Å². The molecule has 0 fully saturated rings. The summed E-state index contributed by atoms with van der Waals surface area (Å²) in [5.74, 6) is -2.29. The highest BCUT2D eigenvalue weighted by Crippen LogP contribution is 2.14. The van der Waals surface area contributed by atoms with Gasteiger partial charge in [0.2, 0.25) is 0 Å². The molecule has 0 aliphatic heterocycles. The number of quaternary nitrogens is 1. The fourth-order valence-electron chi connectivity index (χ4n) is 6.47. The third-order valence-corrected chi connectivity index (χ3v) is 10.2. The van der Waals surface area contributed by atoms with Crippen molar-refractivity contribution in [2.75, 3.05) is 47.5 Å². The molecule has 0 aromatic carbocycles. The zero-order valence-electron chi connectivity index (χ0n) is 37.7. The highest BCUT2D eigenvalue weighted by atomic mass is 16.7. The molecule has 0 aromatic rings. The zero-order chi connectivity index (χ0) is 42.1. The first-order valence-corrected chi connectivity index (χ1v) is 23.5. The lowest BCUT2D eigenvalue weighted by atomic mass is 10.1. The third kappa shape index (κ3) is 41.7. The molecule has 0 aliphatic carbocycles. The van der Waals surface area contributed by atoms with Gasteiger partial charge in [-0.25, -0.2) is 0 Å². The number of nitrogens with zero attached hydrogens (tertiary/aromatic N) is 1. The minimum absolute atomic E-state index is 0.147. The van der Waals surface area contributed by atoms with Gasteiger partial charge in [-0.3, -0.25) is 9.59 Å². The van der Waals surface area contributed by atoms with Crippen LogP contribution in [0, 0.1) is 0 Å². The monoisotopic (exact) mass is 808 g/mol. The second-order valence-corrected chi connectivity index (χ2v) is 17.0. The van der Waals surface area contributed by atoms with E-state index in [4.69, 9.17) is 18.9 Å². The van der Waals surface area contributed by atoms with Crippen LogP contribution in [0.25, 0.3) is 0 Å². The van der Waals surface area contributed by atoms with Crippen LogP contribution in [-0.2, 0) is 33.3 Å². The Bertz CT molecular complexity index is 991. The van der Waals surface area contributed by atoms with Crippen molar-refractivity contribution in [3.05, 3.63) is 24.3 Å². The van der Waals surface area contributed by atoms with Crippen LogP contribution < -0.4 is 5.11 Å². The van der Waals surface area contributed by atoms with Crippen molar-refractivity contribution >= 4 is 17.9 Å². The summed E-state index contributed by atoms with van der Waals surface area (Å²) in [7, 11) is 5.91. The van der Waals surface area contributed by atoms with Crippen molar-refractivity contribution in [2.24, 2.45) is 0 Å². The van der Waals surface area contributed by atoms with Gasteiger partial charge in [0.25, 0.3) is 0 Å². The first-order valence-electron chi connectivity index (χ1n) is 23.5. The fourth-order valence-corrected chi connectivity index (χ4v) is 6.47. The number of hydrogen-bond acceptors (Lipinski definition) is 8. The van der Waals surface area contributed by atoms with Gasteiger partial charge in [0, 0.05) is 12.8 Å². The van der Waals surface area contributed by atoms with Crippen LogP contribution in [0.3, 0.4) is 0 Å². The number of esters is 2. The number of carbonyl (C=O) groups is 3. The molecule has 0 aliphatic rings. The lowest BCUT2D eigenvalue weighted by Crippen LogP contribution is -2.44. The standard InChI is InChI=1S/C48H89NO8/c1-6-8-10-12-14-16-18-20-22-23-25-27-29-31-33-35-37-39-46(51)57-44(43-56-48(47(52)53)54-41-40-49(3,4)5)42-55-45(50)38-36-34-32-30-28-26-24-21-19-17-15-13-11-9-7-2/h20-22,24,44,48H,6-19,23,25-43H2,1-5H3/b22-20-,24-21-. The average molecular weight is 808 g/mol. The molecular formula is C48H89NO8. The molecule has 2 unspecified atom stereocenters. The Morgan fingerprint density at radius 1 is 0.509 bits per heavy atom. The Kier molecular flexibility index (Phi) is 39.0. The summed E-state index contributed by atoms with van der Waals surface area (Å²) < 4.78 is 22.6. The molecule has 57 heavy (non-hydrogen) atoms. The first kappa shape index (κ1) is 54.8. The predicted octanol–water partition coefficient (Wildman–Crippen LogP) is 11.1. The summed E-state index contributed by atoms with van der Waals surface area (Å²) in [5, 5.41) is 11.7. The van der Waals surface area contributed by atoms with Crippen LogP contribution in [0.4, 0.5) is 0 Å². The lowest BCUT2D eigenvalue weighted by molar-refractivity contribution is -0.870. The van der Waals surface area contributed by atoms with Crippen molar-refractivity contribution < 1.29 is 42.9 Å². The van der Waals surface area contributed by atoms with Crippen LogP contribution in [-0.4, -0.2) is 82.3 Å². The summed E-state index contributed by atoms with van der Waals surface area (Å²) in [5.41, 5.74) is 0. The van der Waals surface area contributed by atoms with E-state index in [9.17, 15) is 19.5 Å². The summed E-state index contributed by atoms with van der Waals surface area (Å²) in [6.07, 6.45) is 40.6. The molecule has 0 saturated carbocycles. The molecule has 0 N–H and O–H groups in total. The number of ether oxygens (including phenoxy) is 4. The Morgan fingerprint density at radius 3 is 1.30 bits per heavy atom. The van der Waals surface area contributed by atoms with Gasteiger partial charge in [-0.1, -0.05) is 154 Å². The summed E-state index contributed by atoms with van der Waals surface area (Å²) in [4.78, 5) is 37.0. The molecular weight excluding hydrogens is 719 g/mol. The van der Waals surface area contributed by atoms with Gasteiger partial charge >= 0.3 is 11.9 Å². The van der Waals surface area contributed by atoms with E-state index in [1.54, 1.807) is 0 Å². The Morgan fingerprint density at radius 2 is 0.895 bits per heavy atom. The lowest BCUT2D eigenvalue weighted by Gasteiger charge is -2.26. The molecule has 0 spiro atoms. The van der Waals surface area contributed by atoms with Gasteiger partial charge in [-0.15, -0.1) is 0 Å². The molecule has 0 bridgehead atoms. The van der Waals surface area contributed by atoms with Gasteiger partial charge < -0.3 is 33.3 Å². The largest absolute Gasteiger partial charge is 0.545 e. The Hall–Kier alpha value is -2.23. The highest BCUT2D eigenvalue weighted by Gasteiger charge is 2.21. The maximum atomic E-state index is 12.8. The second kappa shape index (κ2) is 40.5. The molecule has 0 amide bonds. The molecule has 0 radical (unpaired) electrons. The van der Waals surface area contributed by atoms with Gasteiger partial charge in [-0.05, 0) is 64.2 Å². The number of allylic oxidation sites excluding steroid dienone is 4. The molecule has 334 valence electrons. The molecule has 9 nitrogen and oxygen atoms in total. The zero-order valence-corrected chi connectivity index (χ0v) is 37.7. The normalized spacial score (nSPS) is 13.1. The van der Waals surface area contributed by atoms with Crippen molar-refractivity contribution in [3.8, 4) is 0 Å². The molecule has 0 saturated heterocycles. The predicted molar refractivity (Wildman–Crippen MR) is 233 cm³/mol. The van der Waals surface area contributed by atoms with Gasteiger partial charge in [-0.2, -0.15) is 0 Å². The fraction of sp³-hybridized carbons (Fsp3) is 0.854. The quantitative estimate of drug-likeness (QED) is 0.0197. The van der Waals surface area contributed by atoms with Crippen molar-refractivity contribution in [2.45, 2.75) is 219 Å². The first-order chi connectivity index (χ1) is 27.6. The summed E-state index contributed by atoms with van der Waals surface area (Å²) in [6, 6.07) is 0. The topological polar surface area (TPSA) is 111 Å². The van der Waals surface area contributed by atoms with Gasteiger partial charge in [0.15, 0.2) is 12.4 Å². The summed E-state index contributed by atoms with van der Waals surface area (Å²) in [6.45, 7) is 4.73. The van der Waals surface area contributed by atoms with E-state index in [0.29, 0.717) is 17.4 Å². The number of carbonyl (C=O) groups excluding carboxylic acids is 3. The molecule has 0 rings (SSSR count). The van der Waals surface area contributed by atoms with Crippen LogP contribution in [0.15, 0.2) is 24.3 Å². The number of aliphatic carboxylic acids is 1. The Balaban J connectivity index is 4.42. The molecule has 2 atom stereocenters. The van der Waals surface area contributed by atoms with Crippen molar-refractivity contribution in [1.29, 1.82) is 0 Å². The van der Waals surface area contributed by atoms with Gasteiger partial charge in [0.05, 0.1) is 40.3 Å². The van der Waals surface area contributed by atoms with E-state index < -0.39 is 24.3 Å². The summed E-state index contributed by atoms with van der Waals surface area (Å²) >= 11 is 0. The third-order valence-electron chi connectivity index (χ3n) is 10.2. The minimum atomic E-state index is -1.62. The number of rotatable bonds is 43. The van der Waals surface area contributed by atoms with E-state index in [0.717, 1.165) is 64.2 Å². The average Bonchev–Trinajstić information content (AvgIpc) is 3.17. The van der Waals surface area contributed by atoms with Crippen LogP contribution >= 0.6 is 0 Å². The minimum Gasteiger partial charge on any atom is -0.545 e. The molecule has 0 aromatic heterocycles. The van der Waals surface area contributed by atoms with E-state index in [2.05, 4.69) is 38.2 Å². The van der Waals surface area contributed by atoms with E-state index in [1.165, 1.54) is 109 Å². The van der Waals surface area contributed by atoms with E-state index in [-0.39, 0.29) is 38.6 Å². The second-order valence-electron chi connectivity index (χ2n) is 17.0. The van der Waals surface area contributed by atoms with Crippen molar-refractivity contribution in [3.63, 3.8) is 0 Å². The maximum absolute atomic E-state index is 12.8. The smallest absolute Gasteiger partial charge is 0.306 e. The number of carboxylic acid groups (broad SMARTS) is 1. The van der Waals surface area contributed by atoms with E-state index in [1.807, 2.05) is 21.1 Å².